The summed E-state index contributed by atoms with van der Waals surface area (Å²) in [5.41, 5.74) is 3.92. The van der Waals surface area contributed by atoms with E-state index in [-0.39, 0.29) is 11.4 Å². The van der Waals surface area contributed by atoms with Gasteiger partial charge in [-0.3, -0.25) is 9.69 Å². The van der Waals surface area contributed by atoms with Crippen molar-refractivity contribution < 1.29 is 4.79 Å². The molecule has 0 saturated carbocycles. The van der Waals surface area contributed by atoms with Gasteiger partial charge in [-0.15, -0.1) is 11.3 Å². The Bertz CT molecular complexity index is 899. The van der Waals surface area contributed by atoms with E-state index in [9.17, 15) is 4.79 Å². The fraction of sp³-hybridized carbons (Fsp3) is 0.105. The van der Waals surface area contributed by atoms with Gasteiger partial charge in [-0.05, 0) is 34.7 Å². The van der Waals surface area contributed by atoms with Gasteiger partial charge in [-0.2, -0.15) is 0 Å². The quantitative estimate of drug-likeness (QED) is 0.659. The number of hydrogen-bond acceptors (Lipinski definition) is 2. The van der Waals surface area contributed by atoms with Gasteiger partial charge < -0.3 is 0 Å². The summed E-state index contributed by atoms with van der Waals surface area (Å²) in [5.74, 6) is 0.119. The van der Waals surface area contributed by atoms with Crippen LogP contribution < -0.4 is 4.90 Å². The normalized spacial score (nSPS) is 21.6. The van der Waals surface area contributed by atoms with Crippen molar-refractivity contribution in [3.8, 4) is 0 Å². The summed E-state index contributed by atoms with van der Waals surface area (Å²) in [4.78, 5) is 16.3. The average Bonchev–Trinajstić information content (AvgIpc) is 3.24. The highest BCUT2D eigenvalue weighted by atomic mass is 32.1. The van der Waals surface area contributed by atoms with Crippen LogP contribution in [0, 0.1) is 0 Å². The van der Waals surface area contributed by atoms with Gasteiger partial charge >= 0.3 is 0 Å². The molecule has 0 fully saturated rings. The SMILES string of the molecule is O=C1c2ccccc2[C@@]2(c3cccs3)Cc3ccccc3N12. The second-order valence-electron chi connectivity index (χ2n) is 5.83. The van der Waals surface area contributed by atoms with Crippen molar-refractivity contribution in [2.45, 2.75) is 12.0 Å². The van der Waals surface area contributed by atoms with E-state index in [2.05, 4.69) is 41.8 Å². The van der Waals surface area contributed by atoms with Crippen molar-refractivity contribution in [1.29, 1.82) is 0 Å². The van der Waals surface area contributed by atoms with Crippen LogP contribution in [0.4, 0.5) is 5.69 Å². The number of amides is 1. The van der Waals surface area contributed by atoms with Crippen LogP contribution >= 0.6 is 11.3 Å². The third-order valence-electron chi connectivity index (χ3n) is 4.80. The largest absolute Gasteiger partial charge is 0.293 e. The van der Waals surface area contributed by atoms with Crippen LogP contribution in [0.1, 0.15) is 26.4 Å². The number of fused-ring (bicyclic) bond motifs is 5. The Kier molecular flexibility index (Phi) is 2.26. The van der Waals surface area contributed by atoms with Gasteiger partial charge in [-0.1, -0.05) is 42.5 Å². The number of hydrogen-bond donors (Lipinski definition) is 0. The highest BCUT2D eigenvalue weighted by molar-refractivity contribution is 7.10. The number of carbonyl (C=O) groups is 1. The molecule has 3 heteroatoms. The number of para-hydroxylation sites is 1. The van der Waals surface area contributed by atoms with Gasteiger partial charge in [0, 0.05) is 22.5 Å². The molecule has 0 unspecified atom stereocenters. The zero-order chi connectivity index (χ0) is 14.7. The van der Waals surface area contributed by atoms with E-state index >= 15 is 0 Å². The van der Waals surface area contributed by atoms with Crippen LogP contribution in [-0.4, -0.2) is 5.91 Å². The standard InChI is InChI=1S/C19H13NOS/c21-18-14-7-2-3-8-15(14)19(17-10-5-11-22-17)12-13-6-1-4-9-16(13)20(18)19/h1-11H,12H2/t19-/m1/s1. The molecule has 2 aromatic carbocycles. The highest BCUT2D eigenvalue weighted by Crippen LogP contribution is 2.55. The number of thiophene rings is 1. The molecule has 1 atom stereocenters. The van der Waals surface area contributed by atoms with Crippen molar-refractivity contribution >= 4 is 22.9 Å². The maximum atomic E-state index is 13.1. The summed E-state index contributed by atoms with van der Waals surface area (Å²) in [6.07, 6.45) is 0.854. The van der Waals surface area contributed by atoms with Crippen LogP contribution in [0.15, 0.2) is 66.0 Å². The zero-order valence-corrected chi connectivity index (χ0v) is 12.6. The summed E-state index contributed by atoms with van der Waals surface area (Å²) in [6.45, 7) is 0. The number of rotatable bonds is 1. The van der Waals surface area contributed by atoms with Crippen molar-refractivity contribution in [3.63, 3.8) is 0 Å². The predicted octanol–water partition coefficient (Wildman–Crippen LogP) is 4.21. The topological polar surface area (TPSA) is 20.3 Å². The summed E-state index contributed by atoms with van der Waals surface area (Å²) < 4.78 is 0. The van der Waals surface area contributed by atoms with Gasteiger partial charge in [0.25, 0.3) is 5.91 Å². The van der Waals surface area contributed by atoms with Gasteiger partial charge in [0.05, 0.1) is 0 Å². The molecule has 3 heterocycles. The monoisotopic (exact) mass is 303 g/mol. The molecule has 2 aliphatic rings. The van der Waals surface area contributed by atoms with Gasteiger partial charge in [-0.25, -0.2) is 0 Å². The van der Waals surface area contributed by atoms with E-state index in [1.54, 1.807) is 11.3 Å². The molecule has 0 radical (unpaired) electrons. The van der Waals surface area contributed by atoms with E-state index in [0.29, 0.717) is 0 Å². The first-order chi connectivity index (χ1) is 10.8. The lowest BCUT2D eigenvalue weighted by atomic mass is 9.85. The van der Waals surface area contributed by atoms with E-state index in [1.807, 2.05) is 29.2 Å². The molecule has 5 rings (SSSR count). The van der Waals surface area contributed by atoms with Crippen LogP contribution in [0.25, 0.3) is 0 Å². The Balaban J connectivity index is 1.88. The van der Waals surface area contributed by atoms with E-state index in [0.717, 1.165) is 23.2 Å². The molecule has 3 aromatic rings. The average molecular weight is 303 g/mol. The van der Waals surface area contributed by atoms with Crippen LogP contribution in [-0.2, 0) is 12.0 Å². The first kappa shape index (κ1) is 12.2. The first-order valence-electron chi connectivity index (χ1n) is 7.38. The summed E-state index contributed by atoms with van der Waals surface area (Å²) in [5, 5.41) is 2.09. The predicted molar refractivity (Wildman–Crippen MR) is 88.5 cm³/mol. The molecule has 1 aromatic heterocycles. The maximum absolute atomic E-state index is 13.1. The lowest BCUT2D eigenvalue weighted by Crippen LogP contribution is -2.41. The first-order valence-corrected chi connectivity index (χ1v) is 8.26. The Morgan fingerprint density at radius 1 is 0.955 bits per heavy atom. The van der Waals surface area contributed by atoms with Crippen molar-refractivity contribution in [3.05, 3.63) is 87.6 Å². The molecular formula is C19H13NOS. The minimum absolute atomic E-state index is 0.119. The Hall–Kier alpha value is -2.39. The van der Waals surface area contributed by atoms with Crippen LogP contribution in [0.5, 0.6) is 0 Å². The van der Waals surface area contributed by atoms with E-state index in [1.165, 1.54) is 10.4 Å². The summed E-state index contributed by atoms with van der Waals surface area (Å²) in [7, 11) is 0. The summed E-state index contributed by atoms with van der Waals surface area (Å²) >= 11 is 1.73. The van der Waals surface area contributed by atoms with Gasteiger partial charge in [0.2, 0.25) is 0 Å². The van der Waals surface area contributed by atoms with Gasteiger partial charge in [0.15, 0.2) is 0 Å². The third kappa shape index (κ3) is 1.28. The molecule has 0 spiro atoms. The van der Waals surface area contributed by atoms with Crippen molar-refractivity contribution in [2.24, 2.45) is 0 Å². The minimum Gasteiger partial charge on any atom is -0.293 e. The number of carbonyl (C=O) groups excluding carboxylic acids is 1. The van der Waals surface area contributed by atoms with Gasteiger partial charge in [0.1, 0.15) is 5.54 Å². The molecule has 106 valence electrons. The molecular weight excluding hydrogens is 290 g/mol. The van der Waals surface area contributed by atoms with Crippen molar-refractivity contribution in [1.82, 2.24) is 0 Å². The molecule has 1 amide bonds. The highest BCUT2D eigenvalue weighted by Gasteiger charge is 2.56. The third-order valence-corrected chi connectivity index (χ3v) is 5.82. The van der Waals surface area contributed by atoms with Crippen molar-refractivity contribution in [2.75, 3.05) is 4.90 Å². The number of anilines is 1. The smallest absolute Gasteiger partial charge is 0.259 e. The molecule has 22 heavy (non-hydrogen) atoms. The lowest BCUT2D eigenvalue weighted by molar-refractivity contribution is 0.0986. The molecule has 0 bridgehead atoms. The summed E-state index contributed by atoms with van der Waals surface area (Å²) in [6, 6.07) is 20.5. The fourth-order valence-electron chi connectivity index (χ4n) is 3.93. The molecule has 0 aliphatic carbocycles. The number of nitrogens with zero attached hydrogens (tertiary/aromatic N) is 1. The molecule has 2 nitrogen and oxygen atoms in total. The Morgan fingerprint density at radius 2 is 1.77 bits per heavy atom. The lowest BCUT2D eigenvalue weighted by Gasteiger charge is -2.32. The fourth-order valence-corrected chi connectivity index (χ4v) is 4.86. The molecule has 2 aliphatic heterocycles. The second-order valence-corrected chi connectivity index (χ2v) is 6.78. The van der Waals surface area contributed by atoms with E-state index in [4.69, 9.17) is 0 Å². The van der Waals surface area contributed by atoms with Crippen LogP contribution in [0.3, 0.4) is 0 Å². The molecule has 0 N–H and O–H groups in total. The second kappa shape index (κ2) is 4.08. The molecule has 0 saturated heterocycles. The maximum Gasteiger partial charge on any atom is 0.259 e. The Morgan fingerprint density at radius 3 is 2.64 bits per heavy atom. The Labute approximate surface area is 132 Å². The zero-order valence-electron chi connectivity index (χ0n) is 11.8. The van der Waals surface area contributed by atoms with E-state index < -0.39 is 0 Å². The van der Waals surface area contributed by atoms with Crippen LogP contribution in [0.2, 0.25) is 0 Å². The minimum atomic E-state index is -0.356. The number of benzene rings is 2.